The Morgan fingerprint density at radius 3 is 2.63 bits per heavy atom. The molecule has 0 radical (unpaired) electrons. The highest BCUT2D eigenvalue weighted by Gasteiger charge is 2.39. The summed E-state index contributed by atoms with van der Waals surface area (Å²) >= 11 is 0. The molecule has 0 aromatic heterocycles. The number of piperidine rings is 1. The first-order valence-electron chi connectivity index (χ1n) is 10.7. The Kier molecular flexibility index (Phi) is 6.22. The molecule has 3 fully saturated rings. The molecule has 3 saturated heterocycles. The Morgan fingerprint density at radius 2 is 1.90 bits per heavy atom. The summed E-state index contributed by atoms with van der Waals surface area (Å²) in [4.78, 5) is 43.8. The fraction of sp³-hybridized carbons (Fsp3) is 0.591. The molecule has 0 aliphatic carbocycles. The number of hydrogen-bond acceptors (Lipinski definition) is 5. The van der Waals surface area contributed by atoms with Crippen LogP contribution < -0.4 is 4.74 Å². The van der Waals surface area contributed by atoms with Gasteiger partial charge >= 0.3 is 0 Å². The molecule has 162 valence electrons. The standard InChI is InChI=1S/C22H29N3O5/c1-29-18-5-2-4-16(14-18)21(27)25-9-3-6-19(25)22(28)23-10-7-17(8-11-23)24-12-13-30-15-20(24)26/h2,4-5,14,17,19H,3,6-13,15H2,1H3. The third-order valence-electron chi connectivity index (χ3n) is 6.35. The smallest absolute Gasteiger partial charge is 0.254 e. The average molecular weight is 415 g/mol. The lowest BCUT2D eigenvalue weighted by atomic mass is 10.0. The Labute approximate surface area is 176 Å². The van der Waals surface area contributed by atoms with Crippen molar-refractivity contribution in [3.05, 3.63) is 29.8 Å². The van der Waals surface area contributed by atoms with E-state index in [9.17, 15) is 14.4 Å². The van der Waals surface area contributed by atoms with Crippen molar-refractivity contribution in [2.45, 2.75) is 37.8 Å². The van der Waals surface area contributed by atoms with Gasteiger partial charge in [-0.2, -0.15) is 0 Å². The highest BCUT2D eigenvalue weighted by Crippen LogP contribution is 2.26. The van der Waals surface area contributed by atoms with Crippen LogP contribution in [0, 0.1) is 0 Å². The van der Waals surface area contributed by atoms with Gasteiger partial charge in [-0.05, 0) is 43.9 Å². The van der Waals surface area contributed by atoms with Gasteiger partial charge in [-0.25, -0.2) is 0 Å². The first kappa shape index (κ1) is 20.7. The number of nitrogens with zero attached hydrogens (tertiary/aromatic N) is 3. The molecule has 0 N–H and O–H groups in total. The maximum Gasteiger partial charge on any atom is 0.254 e. The van der Waals surface area contributed by atoms with Gasteiger partial charge in [0, 0.05) is 37.8 Å². The van der Waals surface area contributed by atoms with Crippen molar-refractivity contribution in [1.82, 2.24) is 14.7 Å². The van der Waals surface area contributed by atoms with Gasteiger partial charge in [-0.1, -0.05) is 6.07 Å². The average Bonchev–Trinajstić information content (AvgIpc) is 3.28. The summed E-state index contributed by atoms with van der Waals surface area (Å²) < 4.78 is 10.4. The lowest BCUT2D eigenvalue weighted by Crippen LogP contribution is -2.55. The number of methoxy groups -OCH3 is 1. The minimum absolute atomic E-state index is 0.0236. The fourth-order valence-electron chi connectivity index (χ4n) is 4.71. The van der Waals surface area contributed by atoms with Crippen LogP contribution in [0.15, 0.2) is 24.3 Å². The van der Waals surface area contributed by atoms with E-state index < -0.39 is 6.04 Å². The normalized spacial score (nSPS) is 23.0. The van der Waals surface area contributed by atoms with Crippen molar-refractivity contribution in [2.75, 3.05) is 46.5 Å². The summed E-state index contributed by atoms with van der Waals surface area (Å²) in [6.45, 7) is 3.18. The molecule has 3 aliphatic rings. The van der Waals surface area contributed by atoms with Gasteiger partial charge in [0.1, 0.15) is 18.4 Å². The van der Waals surface area contributed by atoms with Crippen molar-refractivity contribution in [1.29, 1.82) is 0 Å². The molecule has 8 heteroatoms. The van der Waals surface area contributed by atoms with Crippen LogP contribution in [-0.4, -0.2) is 91.0 Å². The monoisotopic (exact) mass is 415 g/mol. The van der Waals surface area contributed by atoms with Crippen LogP contribution in [0.25, 0.3) is 0 Å². The van der Waals surface area contributed by atoms with E-state index in [1.54, 1.807) is 36.3 Å². The molecular formula is C22H29N3O5. The summed E-state index contributed by atoms with van der Waals surface area (Å²) in [5.41, 5.74) is 0.540. The molecule has 3 heterocycles. The lowest BCUT2D eigenvalue weighted by Gasteiger charge is -2.41. The molecule has 3 aliphatic heterocycles. The Balaban J connectivity index is 1.38. The predicted molar refractivity (Wildman–Crippen MR) is 109 cm³/mol. The van der Waals surface area contributed by atoms with Crippen molar-refractivity contribution in [3.63, 3.8) is 0 Å². The number of ether oxygens (including phenoxy) is 2. The molecule has 0 spiro atoms. The molecule has 1 aromatic rings. The molecule has 8 nitrogen and oxygen atoms in total. The Morgan fingerprint density at radius 1 is 1.10 bits per heavy atom. The third kappa shape index (κ3) is 4.14. The van der Waals surface area contributed by atoms with E-state index in [0.717, 1.165) is 19.3 Å². The van der Waals surface area contributed by atoms with E-state index in [1.165, 1.54) is 0 Å². The molecular weight excluding hydrogens is 386 g/mol. The van der Waals surface area contributed by atoms with Gasteiger partial charge in [0.2, 0.25) is 11.8 Å². The molecule has 4 rings (SSSR count). The van der Waals surface area contributed by atoms with E-state index in [0.29, 0.717) is 50.5 Å². The van der Waals surface area contributed by atoms with E-state index in [2.05, 4.69) is 0 Å². The summed E-state index contributed by atoms with van der Waals surface area (Å²) in [7, 11) is 1.57. The SMILES string of the molecule is COc1cccc(C(=O)N2CCCC2C(=O)N2CCC(N3CCOCC3=O)CC2)c1. The van der Waals surface area contributed by atoms with Crippen LogP contribution in [0.2, 0.25) is 0 Å². The minimum Gasteiger partial charge on any atom is -0.497 e. The van der Waals surface area contributed by atoms with E-state index in [4.69, 9.17) is 9.47 Å². The summed E-state index contributed by atoms with van der Waals surface area (Å²) in [5, 5.41) is 0. The van der Waals surface area contributed by atoms with Gasteiger partial charge in [-0.3, -0.25) is 14.4 Å². The van der Waals surface area contributed by atoms with E-state index >= 15 is 0 Å². The number of benzene rings is 1. The first-order valence-corrected chi connectivity index (χ1v) is 10.7. The van der Waals surface area contributed by atoms with Gasteiger partial charge in [0.15, 0.2) is 0 Å². The second kappa shape index (κ2) is 9.04. The molecule has 3 amide bonds. The van der Waals surface area contributed by atoms with Gasteiger partial charge in [-0.15, -0.1) is 0 Å². The largest absolute Gasteiger partial charge is 0.497 e. The van der Waals surface area contributed by atoms with Crippen LogP contribution >= 0.6 is 0 Å². The number of carbonyl (C=O) groups is 3. The van der Waals surface area contributed by atoms with Gasteiger partial charge in [0.25, 0.3) is 5.91 Å². The highest BCUT2D eigenvalue weighted by molar-refractivity contribution is 5.98. The number of carbonyl (C=O) groups excluding carboxylic acids is 3. The molecule has 1 atom stereocenters. The Bertz CT molecular complexity index is 806. The molecule has 1 aromatic carbocycles. The van der Waals surface area contributed by atoms with Crippen molar-refractivity contribution in [2.24, 2.45) is 0 Å². The molecule has 0 bridgehead atoms. The zero-order valence-corrected chi connectivity index (χ0v) is 17.4. The zero-order valence-electron chi connectivity index (χ0n) is 17.4. The maximum atomic E-state index is 13.2. The van der Waals surface area contributed by atoms with Crippen molar-refractivity contribution >= 4 is 17.7 Å². The second-order valence-corrected chi connectivity index (χ2v) is 8.08. The van der Waals surface area contributed by atoms with Crippen molar-refractivity contribution in [3.8, 4) is 5.75 Å². The molecule has 1 unspecified atom stereocenters. The van der Waals surface area contributed by atoms with Crippen LogP contribution in [0.3, 0.4) is 0 Å². The van der Waals surface area contributed by atoms with Gasteiger partial charge in [0.05, 0.1) is 13.7 Å². The van der Waals surface area contributed by atoms with E-state index in [-0.39, 0.29) is 30.4 Å². The summed E-state index contributed by atoms with van der Waals surface area (Å²) in [6, 6.07) is 6.82. The van der Waals surface area contributed by atoms with Crippen LogP contribution in [0.4, 0.5) is 0 Å². The summed E-state index contributed by atoms with van der Waals surface area (Å²) in [5.74, 6) is 0.564. The Hall–Kier alpha value is -2.61. The third-order valence-corrected chi connectivity index (χ3v) is 6.35. The van der Waals surface area contributed by atoms with Crippen LogP contribution in [-0.2, 0) is 14.3 Å². The zero-order chi connectivity index (χ0) is 21.1. The number of rotatable bonds is 4. The first-order chi connectivity index (χ1) is 14.6. The van der Waals surface area contributed by atoms with Gasteiger partial charge < -0.3 is 24.2 Å². The number of hydrogen-bond donors (Lipinski definition) is 0. The number of amides is 3. The van der Waals surface area contributed by atoms with Crippen molar-refractivity contribution < 1.29 is 23.9 Å². The predicted octanol–water partition coefficient (Wildman–Crippen LogP) is 1.15. The fourth-order valence-corrected chi connectivity index (χ4v) is 4.71. The second-order valence-electron chi connectivity index (χ2n) is 8.08. The minimum atomic E-state index is -0.412. The number of morpholine rings is 1. The lowest BCUT2D eigenvalue weighted by molar-refractivity contribution is -0.148. The number of likely N-dealkylation sites (tertiary alicyclic amines) is 2. The van der Waals surface area contributed by atoms with Crippen LogP contribution in [0.1, 0.15) is 36.0 Å². The quantitative estimate of drug-likeness (QED) is 0.737. The van der Waals surface area contributed by atoms with E-state index in [1.807, 2.05) is 9.80 Å². The topological polar surface area (TPSA) is 79.4 Å². The van der Waals surface area contributed by atoms with Crippen LogP contribution in [0.5, 0.6) is 5.75 Å². The molecule has 30 heavy (non-hydrogen) atoms. The molecule has 0 saturated carbocycles. The maximum absolute atomic E-state index is 13.2. The summed E-state index contributed by atoms with van der Waals surface area (Å²) in [6.07, 6.45) is 3.06. The highest BCUT2D eigenvalue weighted by atomic mass is 16.5.